The molecule has 0 aliphatic carbocycles. The van der Waals surface area contributed by atoms with Gasteiger partial charge in [-0.3, -0.25) is 4.79 Å². The van der Waals surface area contributed by atoms with Gasteiger partial charge in [-0.2, -0.15) is 0 Å². The first-order valence-corrected chi connectivity index (χ1v) is 7.75. The van der Waals surface area contributed by atoms with Crippen molar-refractivity contribution in [3.63, 3.8) is 0 Å². The average Bonchev–Trinajstić information content (AvgIpc) is 2.33. The van der Waals surface area contributed by atoms with Crippen molar-refractivity contribution < 1.29 is 9.90 Å². The van der Waals surface area contributed by atoms with Gasteiger partial charge in [0.2, 0.25) is 0 Å². The zero-order valence-electron chi connectivity index (χ0n) is 14.9. The first kappa shape index (κ1) is 18.5. The molecule has 1 amide bonds. The molecule has 0 saturated heterocycles. The number of rotatable bonds is 3. The van der Waals surface area contributed by atoms with Crippen LogP contribution in [0.5, 0.6) is 5.75 Å². The van der Waals surface area contributed by atoms with Gasteiger partial charge < -0.3 is 16.2 Å². The number of hydrogen-bond donors (Lipinski definition) is 3. The van der Waals surface area contributed by atoms with Gasteiger partial charge in [0.15, 0.2) is 0 Å². The van der Waals surface area contributed by atoms with Crippen molar-refractivity contribution in [2.45, 2.75) is 65.3 Å². The number of nitrogens with one attached hydrogen (secondary N) is 1. The Hall–Kier alpha value is -1.55. The maximum atomic E-state index is 12.4. The van der Waals surface area contributed by atoms with E-state index >= 15 is 0 Å². The molecule has 1 aromatic carbocycles. The highest BCUT2D eigenvalue weighted by Crippen LogP contribution is 2.37. The Labute approximate surface area is 134 Å². The molecule has 0 aromatic heterocycles. The van der Waals surface area contributed by atoms with Gasteiger partial charge in [-0.15, -0.1) is 0 Å². The Bertz CT molecular complexity index is 549. The van der Waals surface area contributed by atoms with Crippen LogP contribution in [0.4, 0.5) is 0 Å². The number of amides is 1. The van der Waals surface area contributed by atoms with Crippen molar-refractivity contribution in [2.24, 2.45) is 5.73 Å². The van der Waals surface area contributed by atoms with Crippen molar-refractivity contribution in [3.05, 3.63) is 28.8 Å². The standard InChI is InChI=1S/C18H30N2O2/c1-11(19)10-20-16(22)13-8-12(17(2,3)4)9-14(15(13)21)18(5,6)7/h8-9,11,21H,10,19H2,1-7H3,(H,20,22). The summed E-state index contributed by atoms with van der Waals surface area (Å²) < 4.78 is 0. The van der Waals surface area contributed by atoms with Gasteiger partial charge >= 0.3 is 0 Å². The normalized spacial score (nSPS) is 13.8. The van der Waals surface area contributed by atoms with Crippen LogP contribution in [0, 0.1) is 0 Å². The fraction of sp³-hybridized carbons (Fsp3) is 0.611. The van der Waals surface area contributed by atoms with Gasteiger partial charge in [-0.05, 0) is 29.4 Å². The summed E-state index contributed by atoms with van der Waals surface area (Å²) in [6.07, 6.45) is 0. The molecular weight excluding hydrogens is 276 g/mol. The fourth-order valence-electron chi connectivity index (χ4n) is 2.16. The van der Waals surface area contributed by atoms with Crippen LogP contribution in [-0.4, -0.2) is 23.6 Å². The molecule has 4 heteroatoms. The predicted octanol–water partition coefficient (Wildman–Crippen LogP) is 3.06. The Kier molecular flexibility index (Phi) is 5.29. The van der Waals surface area contributed by atoms with E-state index in [2.05, 4.69) is 26.1 Å². The van der Waals surface area contributed by atoms with Crippen molar-refractivity contribution in [1.29, 1.82) is 0 Å². The zero-order valence-corrected chi connectivity index (χ0v) is 14.9. The maximum Gasteiger partial charge on any atom is 0.255 e. The van der Waals surface area contributed by atoms with Crippen LogP contribution < -0.4 is 11.1 Å². The van der Waals surface area contributed by atoms with Crippen LogP contribution in [-0.2, 0) is 10.8 Å². The Balaban J connectivity index is 3.40. The molecular formula is C18H30N2O2. The van der Waals surface area contributed by atoms with E-state index < -0.39 is 0 Å². The molecule has 4 nitrogen and oxygen atoms in total. The predicted molar refractivity (Wildman–Crippen MR) is 91.5 cm³/mol. The minimum absolute atomic E-state index is 0.0580. The molecule has 0 aliphatic rings. The van der Waals surface area contributed by atoms with Crippen molar-refractivity contribution in [1.82, 2.24) is 5.32 Å². The van der Waals surface area contributed by atoms with Crippen LogP contribution in [0.2, 0.25) is 0 Å². The van der Waals surface area contributed by atoms with E-state index in [0.717, 1.165) is 11.1 Å². The third kappa shape index (κ3) is 4.47. The molecule has 0 aliphatic heterocycles. The summed E-state index contributed by atoms with van der Waals surface area (Å²) >= 11 is 0. The summed E-state index contributed by atoms with van der Waals surface area (Å²) in [5, 5.41) is 13.3. The Morgan fingerprint density at radius 2 is 1.73 bits per heavy atom. The second kappa shape index (κ2) is 6.29. The monoisotopic (exact) mass is 306 g/mol. The number of carbonyl (C=O) groups is 1. The zero-order chi connectivity index (χ0) is 17.3. The number of benzene rings is 1. The molecule has 1 rings (SSSR count). The molecule has 0 radical (unpaired) electrons. The topological polar surface area (TPSA) is 75.3 Å². The molecule has 1 atom stereocenters. The van der Waals surface area contributed by atoms with E-state index in [4.69, 9.17) is 5.73 Å². The van der Waals surface area contributed by atoms with E-state index in [9.17, 15) is 9.90 Å². The van der Waals surface area contributed by atoms with E-state index in [1.165, 1.54) is 0 Å². The molecule has 0 saturated carbocycles. The number of phenols is 1. The molecule has 4 N–H and O–H groups in total. The van der Waals surface area contributed by atoms with Crippen molar-refractivity contribution in [2.75, 3.05) is 6.54 Å². The molecule has 1 unspecified atom stereocenters. The highest BCUT2D eigenvalue weighted by atomic mass is 16.3. The number of hydrogen-bond acceptors (Lipinski definition) is 3. The molecule has 124 valence electrons. The van der Waals surface area contributed by atoms with Crippen LogP contribution in [0.3, 0.4) is 0 Å². The molecule has 0 fully saturated rings. The lowest BCUT2D eigenvalue weighted by Crippen LogP contribution is -2.35. The molecule has 22 heavy (non-hydrogen) atoms. The van der Waals surface area contributed by atoms with Crippen molar-refractivity contribution in [3.8, 4) is 5.75 Å². The lowest BCUT2D eigenvalue weighted by atomic mass is 9.79. The first-order valence-electron chi connectivity index (χ1n) is 7.75. The van der Waals surface area contributed by atoms with E-state index in [1.54, 1.807) is 6.07 Å². The Morgan fingerprint density at radius 1 is 1.18 bits per heavy atom. The van der Waals surface area contributed by atoms with Crippen LogP contribution >= 0.6 is 0 Å². The Morgan fingerprint density at radius 3 is 2.14 bits per heavy atom. The van der Waals surface area contributed by atoms with Gasteiger partial charge in [0.25, 0.3) is 5.91 Å². The number of aromatic hydroxyl groups is 1. The lowest BCUT2D eigenvalue weighted by Gasteiger charge is -2.27. The second-order valence-corrected chi connectivity index (χ2v) is 8.11. The summed E-state index contributed by atoms with van der Waals surface area (Å²) in [4.78, 5) is 12.4. The molecule has 0 bridgehead atoms. The summed E-state index contributed by atoms with van der Waals surface area (Å²) in [6.45, 7) is 14.6. The lowest BCUT2D eigenvalue weighted by molar-refractivity contribution is 0.0948. The summed E-state index contributed by atoms with van der Waals surface area (Å²) in [7, 11) is 0. The number of carbonyl (C=O) groups excluding carboxylic acids is 1. The third-order valence-electron chi connectivity index (χ3n) is 3.61. The molecule has 1 aromatic rings. The highest BCUT2D eigenvalue weighted by Gasteiger charge is 2.27. The number of nitrogens with two attached hydrogens (primary N) is 1. The highest BCUT2D eigenvalue weighted by molar-refractivity contribution is 5.97. The summed E-state index contributed by atoms with van der Waals surface area (Å²) in [6, 6.07) is 3.65. The summed E-state index contributed by atoms with van der Waals surface area (Å²) in [5.41, 5.74) is 7.45. The van der Waals surface area contributed by atoms with Crippen LogP contribution in [0.15, 0.2) is 12.1 Å². The maximum absolute atomic E-state index is 12.4. The van der Waals surface area contributed by atoms with Gasteiger partial charge in [-0.1, -0.05) is 47.6 Å². The van der Waals surface area contributed by atoms with Gasteiger partial charge in [0, 0.05) is 18.2 Å². The van der Waals surface area contributed by atoms with E-state index in [1.807, 2.05) is 33.8 Å². The number of phenolic OH excluding ortho intramolecular Hbond substituents is 1. The minimum atomic E-state index is -0.286. The average molecular weight is 306 g/mol. The largest absolute Gasteiger partial charge is 0.507 e. The van der Waals surface area contributed by atoms with Gasteiger partial charge in [0.1, 0.15) is 5.75 Å². The quantitative estimate of drug-likeness (QED) is 0.803. The second-order valence-electron chi connectivity index (χ2n) is 8.11. The van der Waals surface area contributed by atoms with Crippen LogP contribution in [0.1, 0.15) is 70.0 Å². The van der Waals surface area contributed by atoms with Crippen molar-refractivity contribution >= 4 is 5.91 Å². The minimum Gasteiger partial charge on any atom is -0.507 e. The van der Waals surface area contributed by atoms with Gasteiger partial charge in [-0.25, -0.2) is 0 Å². The smallest absolute Gasteiger partial charge is 0.255 e. The SMILES string of the molecule is CC(N)CNC(=O)c1cc(C(C)(C)C)cc(C(C)(C)C)c1O. The third-order valence-corrected chi connectivity index (χ3v) is 3.61. The van der Waals surface area contributed by atoms with E-state index in [-0.39, 0.29) is 28.5 Å². The van der Waals surface area contributed by atoms with Crippen LogP contribution in [0.25, 0.3) is 0 Å². The summed E-state index contributed by atoms with van der Waals surface area (Å²) in [5.74, 6) is -0.228. The molecule has 0 spiro atoms. The van der Waals surface area contributed by atoms with E-state index in [0.29, 0.717) is 12.1 Å². The molecule has 0 heterocycles. The fourth-order valence-corrected chi connectivity index (χ4v) is 2.16. The first-order chi connectivity index (χ1) is 9.84. The van der Waals surface area contributed by atoms with Gasteiger partial charge in [0.05, 0.1) is 5.56 Å².